The fourth-order valence-corrected chi connectivity index (χ4v) is 7.50. The molecule has 0 N–H and O–H groups in total. The average Bonchev–Trinajstić information content (AvgIpc) is 3.53. The maximum Gasteiger partial charge on any atom is 0.0546 e. The third kappa shape index (κ3) is 5.76. The number of hydrogen-bond donors (Lipinski definition) is 0. The van der Waals surface area contributed by atoms with Crippen LogP contribution in [0.3, 0.4) is 0 Å². The van der Waals surface area contributed by atoms with E-state index in [4.69, 9.17) is 11.6 Å². The van der Waals surface area contributed by atoms with Crippen molar-refractivity contribution in [3.05, 3.63) is 205 Å². The van der Waals surface area contributed by atoms with Crippen molar-refractivity contribution < 1.29 is 0 Å². The molecule has 3 heteroatoms. The first-order valence-corrected chi connectivity index (χ1v) is 17.6. The number of aromatic nitrogens is 1. The lowest BCUT2D eigenvalue weighted by atomic mass is 9.96. The number of nitrogens with zero attached hydrogens (tertiary/aromatic N) is 2. The molecule has 0 saturated carbocycles. The number of hydrogen-bond acceptors (Lipinski definition) is 1. The summed E-state index contributed by atoms with van der Waals surface area (Å²) in [7, 11) is 0. The summed E-state index contributed by atoms with van der Waals surface area (Å²) in [5, 5.41) is 3.07. The molecule has 0 aliphatic carbocycles. The van der Waals surface area contributed by atoms with Crippen LogP contribution in [0.5, 0.6) is 0 Å². The number of rotatable bonds is 7. The van der Waals surface area contributed by atoms with Crippen LogP contribution in [-0.4, -0.2) is 4.57 Å². The van der Waals surface area contributed by atoms with Crippen LogP contribution in [-0.2, 0) is 0 Å². The van der Waals surface area contributed by atoms with Gasteiger partial charge in [0.1, 0.15) is 0 Å². The predicted molar refractivity (Wildman–Crippen MR) is 217 cm³/mol. The third-order valence-electron chi connectivity index (χ3n) is 9.61. The van der Waals surface area contributed by atoms with Gasteiger partial charge in [-0.25, -0.2) is 0 Å². The van der Waals surface area contributed by atoms with E-state index >= 15 is 0 Å². The summed E-state index contributed by atoms with van der Waals surface area (Å²) in [6.07, 6.45) is 0. The van der Waals surface area contributed by atoms with Crippen molar-refractivity contribution >= 4 is 50.5 Å². The molecule has 0 amide bonds. The van der Waals surface area contributed by atoms with Gasteiger partial charge < -0.3 is 9.47 Å². The maximum absolute atomic E-state index is 7.02. The number of fused-ring (bicyclic) bond motifs is 3. The summed E-state index contributed by atoms with van der Waals surface area (Å²) in [6.45, 7) is 0. The average molecular weight is 673 g/mol. The number of benzene rings is 8. The van der Waals surface area contributed by atoms with E-state index in [2.05, 4.69) is 198 Å². The van der Waals surface area contributed by atoms with Gasteiger partial charge in [-0.1, -0.05) is 151 Å². The van der Waals surface area contributed by atoms with Crippen LogP contribution in [0.15, 0.2) is 200 Å². The van der Waals surface area contributed by atoms with Crippen LogP contribution in [0.4, 0.5) is 17.1 Å². The zero-order chi connectivity index (χ0) is 34.1. The zero-order valence-corrected chi connectivity index (χ0v) is 28.6. The monoisotopic (exact) mass is 672 g/mol. The van der Waals surface area contributed by atoms with Crippen molar-refractivity contribution in [1.82, 2.24) is 4.57 Å². The molecule has 1 aromatic heterocycles. The molecule has 0 saturated heterocycles. The zero-order valence-electron chi connectivity index (χ0n) is 27.8. The number of anilines is 3. The van der Waals surface area contributed by atoms with E-state index < -0.39 is 0 Å². The van der Waals surface area contributed by atoms with Gasteiger partial charge in [-0.3, -0.25) is 0 Å². The highest BCUT2D eigenvalue weighted by Gasteiger charge is 2.22. The van der Waals surface area contributed by atoms with Gasteiger partial charge in [-0.05, 0) is 88.5 Å². The van der Waals surface area contributed by atoms with E-state index in [9.17, 15) is 0 Å². The minimum absolute atomic E-state index is 0.679. The highest BCUT2D eigenvalue weighted by Crippen LogP contribution is 2.46. The van der Waals surface area contributed by atoms with Crippen LogP contribution in [0.25, 0.3) is 60.9 Å². The van der Waals surface area contributed by atoms with E-state index in [0.717, 1.165) is 61.6 Å². The van der Waals surface area contributed by atoms with Crippen molar-refractivity contribution in [3.8, 4) is 39.1 Å². The van der Waals surface area contributed by atoms with Crippen molar-refractivity contribution in [2.75, 3.05) is 4.90 Å². The normalized spacial score (nSPS) is 11.2. The summed E-state index contributed by atoms with van der Waals surface area (Å²) in [4.78, 5) is 2.38. The molecule has 1 heterocycles. The standard InChI is InChI=1S/C48H33ClN2/c49-39-29-38(35-17-7-2-8-18-35)30-42(32-39)50(48-31-37(34-15-5-1-6-16-34)25-27-43(48)36-19-9-3-10-20-36)41-26-28-47-45(33-41)44-23-13-14-24-46(44)51(47)40-21-11-4-12-22-40/h1-33H. The fourth-order valence-electron chi connectivity index (χ4n) is 7.27. The van der Waals surface area contributed by atoms with Crippen molar-refractivity contribution in [2.45, 2.75) is 0 Å². The van der Waals surface area contributed by atoms with E-state index in [-0.39, 0.29) is 0 Å². The minimum atomic E-state index is 0.679. The second-order valence-electron chi connectivity index (χ2n) is 12.8. The Morgan fingerprint density at radius 3 is 1.67 bits per heavy atom. The molecular weight excluding hydrogens is 640 g/mol. The first kappa shape index (κ1) is 30.7. The van der Waals surface area contributed by atoms with Gasteiger partial charge in [0.05, 0.1) is 16.7 Å². The van der Waals surface area contributed by atoms with Crippen LogP contribution in [0.1, 0.15) is 0 Å². The predicted octanol–water partition coefficient (Wildman–Crippen LogP) is 13.9. The Morgan fingerprint density at radius 1 is 0.373 bits per heavy atom. The second kappa shape index (κ2) is 13.2. The Balaban J connectivity index is 1.34. The molecule has 0 radical (unpaired) electrons. The van der Waals surface area contributed by atoms with Gasteiger partial charge in [-0.15, -0.1) is 0 Å². The number of halogens is 1. The molecule has 0 aliphatic rings. The van der Waals surface area contributed by atoms with Crippen LogP contribution >= 0.6 is 11.6 Å². The smallest absolute Gasteiger partial charge is 0.0546 e. The summed E-state index contributed by atoms with van der Waals surface area (Å²) in [6, 6.07) is 71.0. The maximum atomic E-state index is 7.02. The lowest BCUT2D eigenvalue weighted by molar-refractivity contribution is 1.18. The SMILES string of the molecule is Clc1cc(-c2ccccc2)cc(N(c2ccc3c(c2)c2ccccc2n3-c2ccccc2)c2cc(-c3ccccc3)ccc2-c2ccccc2)c1. The quantitative estimate of drug-likeness (QED) is 0.164. The number of para-hydroxylation sites is 2. The molecule has 8 aromatic carbocycles. The Kier molecular flexibility index (Phi) is 7.92. The van der Waals surface area contributed by atoms with Gasteiger partial charge in [-0.2, -0.15) is 0 Å². The Morgan fingerprint density at radius 2 is 0.961 bits per heavy atom. The molecular formula is C48H33ClN2. The third-order valence-corrected chi connectivity index (χ3v) is 9.83. The van der Waals surface area contributed by atoms with Crippen molar-refractivity contribution in [2.24, 2.45) is 0 Å². The minimum Gasteiger partial charge on any atom is -0.310 e. The lowest BCUT2D eigenvalue weighted by Crippen LogP contribution is -2.12. The molecule has 9 rings (SSSR count). The molecule has 9 aromatic rings. The highest BCUT2D eigenvalue weighted by atomic mass is 35.5. The molecule has 0 bridgehead atoms. The van der Waals surface area contributed by atoms with Crippen LogP contribution < -0.4 is 4.90 Å². The molecule has 51 heavy (non-hydrogen) atoms. The summed E-state index contributed by atoms with van der Waals surface area (Å²) < 4.78 is 2.36. The van der Waals surface area contributed by atoms with Gasteiger partial charge in [0, 0.05) is 38.4 Å². The van der Waals surface area contributed by atoms with Crippen molar-refractivity contribution in [3.63, 3.8) is 0 Å². The van der Waals surface area contributed by atoms with Crippen LogP contribution in [0, 0.1) is 0 Å². The Bertz CT molecular complexity index is 2630. The first-order chi connectivity index (χ1) is 25.2. The summed E-state index contributed by atoms with van der Waals surface area (Å²) >= 11 is 7.02. The van der Waals surface area contributed by atoms with Gasteiger partial charge in [0.15, 0.2) is 0 Å². The lowest BCUT2D eigenvalue weighted by Gasteiger charge is -2.29. The molecule has 0 spiro atoms. The van der Waals surface area contributed by atoms with Crippen LogP contribution in [0.2, 0.25) is 5.02 Å². The molecule has 0 fully saturated rings. The highest BCUT2D eigenvalue weighted by molar-refractivity contribution is 6.31. The first-order valence-electron chi connectivity index (χ1n) is 17.2. The second-order valence-corrected chi connectivity index (χ2v) is 13.2. The summed E-state index contributed by atoms with van der Waals surface area (Å²) in [5.74, 6) is 0. The largest absolute Gasteiger partial charge is 0.310 e. The van der Waals surface area contributed by atoms with Gasteiger partial charge in [0.2, 0.25) is 0 Å². The van der Waals surface area contributed by atoms with Gasteiger partial charge in [0.25, 0.3) is 0 Å². The molecule has 242 valence electrons. The Labute approximate surface area is 303 Å². The molecule has 2 nitrogen and oxygen atoms in total. The molecule has 0 aliphatic heterocycles. The topological polar surface area (TPSA) is 8.17 Å². The molecule has 0 unspecified atom stereocenters. The fraction of sp³-hybridized carbons (Fsp3) is 0. The van der Waals surface area contributed by atoms with E-state index in [0.29, 0.717) is 5.02 Å². The molecule has 0 atom stereocenters. The van der Waals surface area contributed by atoms with E-state index in [1.54, 1.807) is 0 Å². The summed E-state index contributed by atoms with van der Waals surface area (Å²) in [5.41, 5.74) is 13.3. The Hall–Kier alpha value is -6.35. The van der Waals surface area contributed by atoms with Crippen molar-refractivity contribution in [1.29, 1.82) is 0 Å². The van der Waals surface area contributed by atoms with E-state index in [1.807, 2.05) is 12.1 Å². The van der Waals surface area contributed by atoms with E-state index in [1.165, 1.54) is 16.3 Å². The van der Waals surface area contributed by atoms with Gasteiger partial charge >= 0.3 is 0 Å².